The number of thiazole rings is 1. The molecule has 2 aromatic heterocycles. The predicted molar refractivity (Wildman–Crippen MR) is 91.8 cm³/mol. The fourth-order valence-electron chi connectivity index (χ4n) is 2.56. The predicted octanol–water partition coefficient (Wildman–Crippen LogP) is 1.96. The molecule has 1 fully saturated rings. The van der Waals surface area contributed by atoms with E-state index >= 15 is 0 Å². The average molecular weight is 347 g/mol. The summed E-state index contributed by atoms with van der Waals surface area (Å²) < 4.78 is 5.55. The Hall–Kier alpha value is -2.06. The van der Waals surface area contributed by atoms with Gasteiger partial charge in [-0.2, -0.15) is 0 Å². The van der Waals surface area contributed by atoms with E-state index in [0.717, 1.165) is 35.8 Å². The minimum absolute atomic E-state index is 0.0742. The third kappa shape index (κ3) is 4.48. The number of hydrogen-bond acceptors (Lipinski definition) is 6. The number of carbonyl (C=O) groups is 1. The van der Waals surface area contributed by atoms with Crippen molar-refractivity contribution < 1.29 is 9.53 Å². The van der Waals surface area contributed by atoms with Crippen molar-refractivity contribution in [3.8, 4) is 10.7 Å². The van der Waals surface area contributed by atoms with Crippen LogP contribution in [0.1, 0.15) is 18.5 Å². The van der Waals surface area contributed by atoms with Crippen LogP contribution in [-0.2, 0) is 11.2 Å². The molecule has 0 aliphatic carbocycles. The van der Waals surface area contributed by atoms with E-state index in [0.29, 0.717) is 19.5 Å². The van der Waals surface area contributed by atoms with E-state index in [9.17, 15) is 4.79 Å². The second-order valence-electron chi connectivity index (χ2n) is 5.73. The van der Waals surface area contributed by atoms with Crippen molar-refractivity contribution in [2.75, 3.05) is 26.7 Å². The molecular weight excluding hydrogens is 326 g/mol. The Morgan fingerprint density at radius 2 is 2.42 bits per heavy atom. The van der Waals surface area contributed by atoms with Gasteiger partial charge in [0, 0.05) is 50.9 Å². The molecule has 128 valence electrons. The van der Waals surface area contributed by atoms with Crippen LogP contribution < -0.4 is 5.32 Å². The summed E-state index contributed by atoms with van der Waals surface area (Å²) in [7, 11) is 1.80. The van der Waals surface area contributed by atoms with Gasteiger partial charge in [-0.25, -0.2) is 9.78 Å². The van der Waals surface area contributed by atoms with E-state index in [1.54, 1.807) is 30.5 Å². The largest absolute Gasteiger partial charge is 0.376 e. The normalized spacial score (nSPS) is 17.0. The monoisotopic (exact) mass is 347 g/mol. The molecule has 1 saturated heterocycles. The Morgan fingerprint density at radius 1 is 1.50 bits per heavy atom. The first kappa shape index (κ1) is 16.8. The van der Waals surface area contributed by atoms with Crippen molar-refractivity contribution in [2.24, 2.45) is 0 Å². The van der Waals surface area contributed by atoms with Crippen LogP contribution in [-0.4, -0.2) is 58.7 Å². The molecule has 1 aliphatic heterocycles. The van der Waals surface area contributed by atoms with Crippen LogP contribution in [0.25, 0.3) is 10.7 Å². The Bertz CT molecular complexity index is 657. The van der Waals surface area contributed by atoms with Gasteiger partial charge in [0.15, 0.2) is 0 Å². The van der Waals surface area contributed by atoms with Gasteiger partial charge in [-0.3, -0.25) is 9.97 Å². The molecule has 0 aromatic carbocycles. The van der Waals surface area contributed by atoms with Crippen molar-refractivity contribution in [1.82, 2.24) is 25.2 Å². The van der Waals surface area contributed by atoms with Gasteiger partial charge in [-0.15, -0.1) is 11.3 Å². The smallest absolute Gasteiger partial charge is 0.317 e. The maximum atomic E-state index is 12.1. The standard InChI is InChI=1S/C16H21N5O2S/c1-21(10-13-3-2-8-23-13)16(22)19-5-4-12-11-24-15(20-12)14-9-17-6-7-18-14/h6-7,9,11,13H,2-5,8,10H2,1H3,(H,19,22)/t13-/m0/s1. The van der Waals surface area contributed by atoms with E-state index in [-0.39, 0.29) is 12.1 Å². The highest BCUT2D eigenvalue weighted by molar-refractivity contribution is 7.13. The number of amides is 2. The maximum Gasteiger partial charge on any atom is 0.317 e. The number of rotatable bonds is 6. The molecule has 0 radical (unpaired) electrons. The molecule has 8 heteroatoms. The van der Waals surface area contributed by atoms with Crippen LogP contribution >= 0.6 is 11.3 Å². The summed E-state index contributed by atoms with van der Waals surface area (Å²) in [6.07, 6.45) is 7.97. The second kappa shape index (κ2) is 8.16. The van der Waals surface area contributed by atoms with Crippen molar-refractivity contribution in [3.05, 3.63) is 29.7 Å². The Morgan fingerprint density at radius 3 is 3.17 bits per heavy atom. The molecule has 3 rings (SSSR count). The molecule has 0 saturated carbocycles. The van der Waals surface area contributed by atoms with Crippen LogP contribution in [0, 0.1) is 0 Å². The van der Waals surface area contributed by atoms with Gasteiger partial charge in [0.05, 0.1) is 18.0 Å². The van der Waals surface area contributed by atoms with Gasteiger partial charge < -0.3 is 15.0 Å². The molecule has 2 amide bonds. The summed E-state index contributed by atoms with van der Waals surface area (Å²) in [6.45, 7) is 2.00. The highest BCUT2D eigenvalue weighted by atomic mass is 32.1. The first-order valence-electron chi connectivity index (χ1n) is 8.04. The molecule has 1 N–H and O–H groups in total. The van der Waals surface area contributed by atoms with Crippen molar-refractivity contribution >= 4 is 17.4 Å². The van der Waals surface area contributed by atoms with Gasteiger partial charge in [0.25, 0.3) is 0 Å². The third-order valence-corrected chi connectivity index (χ3v) is 4.75. The average Bonchev–Trinajstić information content (AvgIpc) is 3.27. The van der Waals surface area contributed by atoms with Crippen molar-refractivity contribution in [1.29, 1.82) is 0 Å². The number of nitrogens with one attached hydrogen (secondary N) is 1. The molecule has 1 atom stereocenters. The molecule has 24 heavy (non-hydrogen) atoms. The van der Waals surface area contributed by atoms with Gasteiger partial charge in [0.2, 0.25) is 0 Å². The van der Waals surface area contributed by atoms with Crippen LogP contribution in [0.3, 0.4) is 0 Å². The molecule has 1 aliphatic rings. The lowest BCUT2D eigenvalue weighted by atomic mass is 10.2. The summed E-state index contributed by atoms with van der Waals surface area (Å²) in [4.78, 5) is 26.6. The molecule has 3 heterocycles. The fourth-order valence-corrected chi connectivity index (χ4v) is 3.37. The molecular formula is C16H21N5O2S. The maximum absolute atomic E-state index is 12.1. The number of urea groups is 1. The lowest BCUT2D eigenvalue weighted by Gasteiger charge is -2.21. The quantitative estimate of drug-likeness (QED) is 0.864. The first-order chi connectivity index (χ1) is 11.7. The number of hydrogen-bond donors (Lipinski definition) is 1. The highest BCUT2D eigenvalue weighted by Gasteiger charge is 2.19. The van der Waals surface area contributed by atoms with Crippen molar-refractivity contribution in [3.63, 3.8) is 0 Å². The molecule has 0 bridgehead atoms. The lowest BCUT2D eigenvalue weighted by Crippen LogP contribution is -2.41. The summed E-state index contributed by atoms with van der Waals surface area (Å²) in [6, 6.07) is -0.0742. The number of likely N-dealkylation sites (N-methyl/N-ethyl adjacent to an activating group) is 1. The third-order valence-electron chi connectivity index (χ3n) is 3.84. The number of nitrogens with zero attached hydrogens (tertiary/aromatic N) is 4. The second-order valence-corrected chi connectivity index (χ2v) is 6.59. The van der Waals surface area contributed by atoms with Crippen LogP contribution in [0.4, 0.5) is 4.79 Å². The molecule has 0 unspecified atom stereocenters. The summed E-state index contributed by atoms with van der Waals surface area (Å²) in [5.41, 5.74) is 1.72. The number of aromatic nitrogens is 3. The van der Waals surface area contributed by atoms with E-state index in [4.69, 9.17) is 4.74 Å². The minimum Gasteiger partial charge on any atom is -0.376 e. The zero-order chi connectivity index (χ0) is 16.8. The SMILES string of the molecule is CN(C[C@@H]1CCCO1)C(=O)NCCc1csc(-c2cnccn2)n1. The molecule has 7 nitrogen and oxygen atoms in total. The zero-order valence-electron chi connectivity index (χ0n) is 13.6. The highest BCUT2D eigenvalue weighted by Crippen LogP contribution is 2.20. The molecule has 0 spiro atoms. The van der Waals surface area contributed by atoms with E-state index < -0.39 is 0 Å². The summed E-state index contributed by atoms with van der Waals surface area (Å²) in [5.74, 6) is 0. The van der Waals surface area contributed by atoms with Crippen molar-refractivity contribution in [2.45, 2.75) is 25.4 Å². The Labute approximate surface area is 145 Å². The Kier molecular flexibility index (Phi) is 5.71. The lowest BCUT2D eigenvalue weighted by molar-refractivity contribution is 0.0875. The van der Waals surface area contributed by atoms with E-state index in [1.807, 2.05) is 5.38 Å². The first-order valence-corrected chi connectivity index (χ1v) is 8.91. The van der Waals surface area contributed by atoms with Crippen LogP contribution in [0.2, 0.25) is 0 Å². The summed E-state index contributed by atoms with van der Waals surface area (Å²) in [5, 5.41) is 5.76. The van der Waals surface area contributed by atoms with Gasteiger partial charge >= 0.3 is 6.03 Å². The topological polar surface area (TPSA) is 80.2 Å². The number of ether oxygens (including phenoxy) is 1. The number of carbonyl (C=O) groups excluding carboxylic acids is 1. The van der Waals surface area contributed by atoms with E-state index in [1.165, 1.54) is 11.3 Å². The summed E-state index contributed by atoms with van der Waals surface area (Å²) >= 11 is 1.54. The van der Waals surface area contributed by atoms with Crippen LogP contribution in [0.15, 0.2) is 24.0 Å². The minimum atomic E-state index is -0.0742. The van der Waals surface area contributed by atoms with Crippen LogP contribution in [0.5, 0.6) is 0 Å². The van der Waals surface area contributed by atoms with E-state index in [2.05, 4.69) is 20.3 Å². The molecule has 2 aromatic rings. The van der Waals surface area contributed by atoms with Gasteiger partial charge in [0.1, 0.15) is 10.7 Å². The fraction of sp³-hybridized carbons (Fsp3) is 0.500. The Balaban J connectivity index is 1.43. The van der Waals surface area contributed by atoms with Gasteiger partial charge in [-0.05, 0) is 12.8 Å². The van der Waals surface area contributed by atoms with Gasteiger partial charge in [-0.1, -0.05) is 0 Å². The zero-order valence-corrected chi connectivity index (χ0v) is 14.5.